The zero-order chi connectivity index (χ0) is 17.6. The van der Waals surface area contributed by atoms with Gasteiger partial charge < -0.3 is 15.0 Å². The lowest BCUT2D eigenvalue weighted by Crippen LogP contribution is -2.57. The third-order valence-electron chi connectivity index (χ3n) is 4.90. The van der Waals surface area contributed by atoms with Crippen molar-refractivity contribution in [3.63, 3.8) is 0 Å². The van der Waals surface area contributed by atoms with Crippen molar-refractivity contribution in [3.05, 3.63) is 0 Å². The summed E-state index contributed by atoms with van der Waals surface area (Å²) in [6, 6.07) is 0. The van der Waals surface area contributed by atoms with Crippen LogP contribution >= 0.6 is 0 Å². The summed E-state index contributed by atoms with van der Waals surface area (Å²) in [7, 11) is -3.03. The van der Waals surface area contributed by atoms with E-state index in [0.717, 1.165) is 25.5 Å². The highest BCUT2D eigenvalue weighted by Crippen LogP contribution is 2.24. The Morgan fingerprint density at radius 2 is 2.04 bits per heavy atom. The summed E-state index contributed by atoms with van der Waals surface area (Å²) in [6.07, 6.45) is 6.34. The standard InChI is InChI=1S/C17H33N3O3S/c1-4-18-16(19-10-7-12-23-15-8-5-6-9-15)20-11-13-24(21,22)17(2,3)14-20/h15H,4-14H2,1-3H3,(H,18,19). The Morgan fingerprint density at radius 1 is 1.33 bits per heavy atom. The molecule has 0 amide bonds. The molecule has 1 N–H and O–H groups in total. The maximum Gasteiger partial charge on any atom is 0.193 e. The predicted octanol–water partition coefficient (Wildman–Crippen LogP) is 1.81. The third-order valence-corrected chi connectivity index (χ3v) is 7.43. The molecule has 0 atom stereocenters. The van der Waals surface area contributed by atoms with Gasteiger partial charge in [-0.3, -0.25) is 4.99 Å². The maximum absolute atomic E-state index is 12.2. The first-order valence-electron chi connectivity index (χ1n) is 9.23. The van der Waals surface area contributed by atoms with Crippen molar-refractivity contribution in [2.45, 2.75) is 63.7 Å². The fraction of sp³-hybridized carbons (Fsp3) is 0.941. The van der Waals surface area contributed by atoms with Gasteiger partial charge in [0.15, 0.2) is 15.8 Å². The minimum atomic E-state index is -3.03. The van der Waals surface area contributed by atoms with Crippen LogP contribution in [0.2, 0.25) is 0 Å². The molecule has 1 heterocycles. The highest BCUT2D eigenvalue weighted by molar-refractivity contribution is 7.92. The second kappa shape index (κ2) is 8.52. The fourth-order valence-electron chi connectivity index (χ4n) is 3.30. The third kappa shape index (κ3) is 5.09. The molecular weight excluding hydrogens is 326 g/mol. The van der Waals surface area contributed by atoms with E-state index in [1.54, 1.807) is 13.8 Å². The van der Waals surface area contributed by atoms with Gasteiger partial charge in [-0.15, -0.1) is 0 Å². The smallest absolute Gasteiger partial charge is 0.193 e. The molecule has 0 radical (unpaired) electrons. The molecule has 2 aliphatic rings. The van der Waals surface area contributed by atoms with E-state index in [-0.39, 0.29) is 5.75 Å². The zero-order valence-electron chi connectivity index (χ0n) is 15.4. The van der Waals surface area contributed by atoms with Crippen molar-refractivity contribution < 1.29 is 13.2 Å². The summed E-state index contributed by atoms with van der Waals surface area (Å²) < 4.78 is 29.4. The van der Waals surface area contributed by atoms with E-state index < -0.39 is 14.6 Å². The Morgan fingerprint density at radius 3 is 2.67 bits per heavy atom. The van der Waals surface area contributed by atoms with E-state index >= 15 is 0 Å². The van der Waals surface area contributed by atoms with E-state index in [1.807, 2.05) is 6.92 Å². The van der Waals surface area contributed by atoms with Crippen molar-refractivity contribution >= 4 is 15.8 Å². The Balaban J connectivity index is 1.84. The number of hydrogen-bond acceptors (Lipinski definition) is 4. The first-order chi connectivity index (χ1) is 11.4. The highest BCUT2D eigenvalue weighted by Gasteiger charge is 2.40. The van der Waals surface area contributed by atoms with Gasteiger partial charge in [0.25, 0.3) is 0 Å². The second-order valence-electron chi connectivity index (χ2n) is 7.37. The summed E-state index contributed by atoms with van der Waals surface area (Å²) in [5.74, 6) is 1.01. The number of nitrogens with zero attached hydrogens (tertiary/aromatic N) is 2. The number of nitrogens with one attached hydrogen (secondary N) is 1. The van der Waals surface area contributed by atoms with Crippen LogP contribution in [0.1, 0.15) is 52.9 Å². The largest absolute Gasteiger partial charge is 0.378 e. The fourth-order valence-corrected chi connectivity index (χ4v) is 4.67. The molecule has 2 rings (SSSR count). The lowest BCUT2D eigenvalue weighted by atomic mass is 10.2. The van der Waals surface area contributed by atoms with Gasteiger partial charge >= 0.3 is 0 Å². The minimum Gasteiger partial charge on any atom is -0.378 e. The molecule has 1 aliphatic heterocycles. The Labute approximate surface area is 147 Å². The van der Waals surface area contributed by atoms with E-state index in [2.05, 4.69) is 15.2 Å². The summed E-state index contributed by atoms with van der Waals surface area (Å²) in [5.41, 5.74) is 0. The minimum absolute atomic E-state index is 0.190. The van der Waals surface area contributed by atoms with Crippen molar-refractivity contribution in [1.29, 1.82) is 0 Å². The Kier molecular flexibility index (Phi) is 6.92. The van der Waals surface area contributed by atoms with Crippen LogP contribution in [0.15, 0.2) is 4.99 Å². The molecule has 0 unspecified atom stereocenters. The monoisotopic (exact) mass is 359 g/mol. The maximum atomic E-state index is 12.2. The van der Waals surface area contributed by atoms with Crippen LogP contribution in [0.5, 0.6) is 0 Å². The number of rotatable bonds is 6. The Bertz CT molecular complexity index is 525. The highest BCUT2D eigenvalue weighted by atomic mass is 32.2. The van der Waals surface area contributed by atoms with Gasteiger partial charge in [0.05, 0.1) is 16.6 Å². The second-order valence-corrected chi connectivity index (χ2v) is 10.1. The van der Waals surface area contributed by atoms with Gasteiger partial charge in [-0.05, 0) is 40.0 Å². The quantitative estimate of drug-likeness (QED) is 0.445. The molecule has 6 nitrogen and oxygen atoms in total. The number of sulfone groups is 1. The van der Waals surface area contributed by atoms with Gasteiger partial charge in [0.2, 0.25) is 0 Å². The normalized spacial score (nSPS) is 24.3. The van der Waals surface area contributed by atoms with Gasteiger partial charge in [0.1, 0.15) is 0 Å². The molecule has 0 aromatic heterocycles. The van der Waals surface area contributed by atoms with Crippen LogP contribution in [-0.4, -0.2) is 68.7 Å². The SMILES string of the molecule is CCNC(=NCCCOC1CCCC1)N1CCS(=O)(=O)C(C)(C)C1. The van der Waals surface area contributed by atoms with Crippen molar-refractivity contribution in [1.82, 2.24) is 10.2 Å². The molecule has 1 aliphatic carbocycles. The molecular formula is C17H33N3O3S. The van der Waals surface area contributed by atoms with E-state index in [0.29, 0.717) is 25.7 Å². The molecule has 24 heavy (non-hydrogen) atoms. The molecule has 2 fully saturated rings. The molecule has 1 saturated heterocycles. The van der Waals surface area contributed by atoms with Crippen LogP contribution in [0.4, 0.5) is 0 Å². The number of ether oxygens (including phenoxy) is 1. The van der Waals surface area contributed by atoms with Crippen LogP contribution in [0, 0.1) is 0 Å². The van der Waals surface area contributed by atoms with Crippen LogP contribution in [-0.2, 0) is 14.6 Å². The van der Waals surface area contributed by atoms with Crippen molar-refractivity contribution in [2.75, 3.05) is 38.5 Å². The first-order valence-corrected chi connectivity index (χ1v) is 10.9. The number of hydrogen-bond donors (Lipinski definition) is 1. The van der Waals surface area contributed by atoms with Crippen molar-refractivity contribution in [2.24, 2.45) is 4.99 Å². The van der Waals surface area contributed by atoms with Gasteiger partial charge in [0, 0.05) is 32.8 Å². The molecule has 0 spiro atoms. The first kappa shape index (κ1) is 19.5. The van der Waals surface area contributed by atoms with E-state index in [1.165, 1.54) is 25.7 Å². The lowest BCUT2D eigenvalue weighted by molar-refractivity contribution is 0.0579. The number of aliphatic imine (C=N–C) groups is 1. The molecule has 140 valence electrons. The van der Waals surface area contributed by atoms with Crippen LogP contribution in [0.3, 0.4) is 0 Å². The molecule has 0 bridgehead atoms. The van der Waals surface area contributed by atoms with Gasteiger partial charge in [-0.25, -0.2) is 8.42 Å². The summed E-state index contributed by atoms with van der Waals surface area (Å²) in [6.45, 7) is 8.87. The number of guanidine groups is 1. The van der Waals surface area contributed by atoms with Crippen molar-refractivity contribution in [3.8, 4) is 0 Å². The zero-order valence-corrected chi connectivity index (χ0v) is 16.2. The van der Waals surface area contributed by atoms with Crippen LogP contribution < -0.4 is 5.32 Å². The summed E-state index contributed by atoms with van der Waals surface area (Å²) in [5, 5.41) is 3.29. The van der Waals surface area contributed by atoms with E-state index in [9.17, 15) is 8.42 Å². The summed E-state index contributed by atoms with van der Waals surface area (Å²) in [4.78, 5) is 6.74. The van der Waals surface area contributed by atoms with E-state index in [4.69, 9.17) is 4.74 Å². The summed E-state index contributed by atoms with van der Waals surface area (Å²) >= 11 is 0. The van der Waals surface area contributed by atoms with Gasteiger partial charge in [-0.1, -0.05) is 12.8 Å². The molecule has 1 saturated carbocycles. The van der Waals surface area contributed by atoms with Crippen LogP contribution in [0.25, 0.3) is 0 Å². The van der Waals surface area contributed by atoms with Gasteiger partial charge in [-0.2, -0.15) is 0 Å². The molecule has 0 aromatic rings. The topological polar surface area (TPSA) is 71.0 Å². The Hall–Kier alpha value is -0.820. The average Bonchev–Trinajstić information content (AvgIpc) is 3.02. The molecule has 7 heteroatoms. The predicted molar refractivity (Wildman–Crippen MR) is 98.2 cm³/mol. The molecule has 0 aromatic carbocycles. The average molecular weight is 360 g/mol. The lowest BCUT2D eigenvalue weighted by Gasteiger charge is -2.39.